The zero-order chi connectivity index (χ0) is 20.1. The van der Waals surface area contributed by atoms with Crippen LogP contribution in [0.5, 0.6) is 0 Å². The van der Waals surface area contributed by atoms with Gasteiger partial charge in [0.1, 0.15) is 0 Å². The summed E-state index contributed by atoms with van der Waals surface area (Å²) in [6.45, 7) is 4.57. The number of likely N-dealkylation sites (tertiary alicyclic amines) is 1. The van der Waals surface area contributed by atoms with Crippen molar-refractivity contribution in [1.29, 1.82) is 0 Å². The maximum Gasteiger partial charge on any atom is 0.315 e. The molecule has 8 heteroatoms. The van der Waals surface area contributed by atoms with Crippen LogP contribution in [0.3, 0.4) is 0 Å². The molecule has 0 bridgehead atoms. The zero-order valence-electron chi connectivity index (χ0n) is 16.2. The van der Waals surface area contributed by atoms with Crippen molar-refractivity contribution in [3.05, 3.63) is 52.2 Å². The van der Waals surface area contributed by atoms with Crippen LogP contribution in [-0.4, -0.2) is 45.2 Å². The maximum absolute atomic E-state index is 12.4. The lowest BCUT2D eigenvalue weighted by molar-refractivity contribution is 0.220. The summed E-state index contributed by atoms with van der Waals surface area (Å²) in [6.07, 6.45) is 3.59. The molecule has 2 amide bonds. The number of nitrogens with zero attached hydrogens (tertiary/aromatic N) is 1. The Morgan fingerprint density at radius 3 is 2.43 bits per heavy atom. The number of thiophene rings is 1. The smallest absolute Gasteiger partial charge is 0.315 e. The number of urea groups is 1. The SMILES string of the molecule is CC(NC(=O)NCC(c1cccs1)N1CCCC1)c1ccc(S(C)(=O)=O)cc1. The molecule has 2 unspecified atom stereocenters. The molecule has 3 rings (SSSR count). The quantitative estimate of drug-likeness (QED) is 0.719. The molecule has 2 atom stereocenters. The fraction of sp³-hybridized carbons (Fsp3) is 0.450. The predicted molar refractivity (Wildman–Crippen MR) is 112 cm³/mol. The van der Waals surface area contributed by atoms with E-state index in [0.717, 1.165) is 18.7 Å². The topological polar surface area (TPSA) is 78.5 Å². The molecular weight excluding hydrogens is 394 g/mol. The minimum atomic E-state index is -3.22. The molecule has 0 spiro atoms. The van der Waals surface area contributed by atoms with Crippen molar-refractivity contribution in [3.8, 4) is 0 Å². The monoisotopic (exact) mass is 421 g/mol. The van der Waals surface area contributed by atoms with Crippen molar-refractivity contribution in [2.45, 2.75) is 36.7 Å². The van der Waals surface area contributed by atoms with Crippen LogP contribution >= 0.6 is 11.3 Å². The Bertz CT molecular complexity index is 874. The molecule has 2 heterocycles. The molecule has 0 aliphatic carbocycles. The molecular formula is C20H27N3O3S2. The van der Waals surface area contributed by atoms with E-state index < -0.39 is 9.84 Å². The van der Waals surface area contributed by atoms with Crippen LogP contribution in [0, 0.1) is 0 Å². The van der Waals surface area contributed by atoms with Crippen molar-refractivity contribution in [1.82, 2.24) is 15.5 Å². The summed E-state index contributed by atoms with van der Waals surface area (Å²) in [4.78, 5) is 16.4. The Balaban J connectivity index is 1.56. The van der Waals surface area contributed by atoms with Crippen molar-refractivity contribution >= 4 is 27.2 Å². The van der Waals surface area contributed by atoms with Gasteiger partial charge in [0, 0.05) is 17.7 Å². The van der Waals surface area contributed by atoms with Gasteiger partial charge in [-0.05, 0) is 62.0 Å². The summed E-state index contributed by atoms with van der Waals surface area (Å²) in [5.74, 6) is 0. The number of sulfone groups is 1. The molecule has 1 aromatic heterocycles. The molecule has 1 aromatic carbocycles. The van der Waals surface area contributed by atoms with E-state index in [9.17, 15) is 13.2 Å². The first-order valence-corrected chi connectivity index (χ1v) is 12.2. The third-order valence-electron chi connectivity index (χ3n) is 5.06. The second kappa shape index (κ2) is 9.07. The Hall–Kier alpha value is -1.90. The number of hydrogen-bond acceptors (Lipinski definition) is 5. The highest BCUT2D eigenvalue weighted by atomic mass is 32.2. The van der Waals surface area contributed by atoms with E-state index in [1.807, 2.05) is 13.0 Å². The molecule has 2 aromatic rings. The van der Waals surface area contributed by atoms with Gasteiger partial charge in [0.15, 0.2) is 9.84 Å². The van der Waals surface area contributed by atoms with Gasteiger partial charge in [0.2, 0.25) is 0 Å². The Labute approximate surface area is 170 Å². The Kier molecular flexibility index (Phi) is 6.74. The number of amides is 2. The fourth-order valence-electron chi connectivity index (χ4n) is 3.47. The van der Waals surface area contributed by atoms with E-state index >= 15 is 0 Å². The van der Waals surface area contributed by atoms with Gasteiger partial charge in [-0.1, -0.05) is 18.2 Å². The molecule has 152 valence electrons. The van der Waals surface area contributed by atoms with E-state index in [-0.39, 0.29) is 23.0 Å². The van der Waals surface area contributed by atoms with Crippen molar-refractivity contribution in [2.24, 2.45) is 0 Å². The molecule has 1 aliphatic rings. The maximum atomic E-state index is 12.4. The van der Waals surface area contributed by atoms with Crippen molar-refractivity contribution in [2.75, 3.05) is 25.9 Å². The summed E-state index contributed by atoms with van der Waals surface area (Å²) in [5, 5.41) is 8.00. The average Bonchev–Trinajstić information content (AvgIpc) is 3.36. The second-order valence-corrected chi connectivity index (χ2v) is 10.2. The lowest BCUT2D eigenvalue weighted by Gasteiger charge is -2.27. The number of carbonyl (C=O) groups is 1. The van der Waals surface area contributed by atoms with E-state index in [2.05, 4.69) is 27.0 Å². The fourth-order valence-corrected chi connectivity index (χ4v) is 4.96. The van der Waals surface area contributed by atoms with Crippen LogP contribution in [0.4, 0.5) is 4.79 Å². The van der Waals surface area contributed by atoms with E-state index in [1.165, 1.54) is 24.0 Å². The molecule has 0 saturated carbocycles. The van der Waals surface area contributed by atoms with Gasteiger partial charge in [0.25, 0.3) is 0 Å². The van der Waals surface area contributed by atoms with Gasteiger partial charge in [0.05, 0.1) is 17.0 Å². The predicted octanol–water partition coefficient (Wildman–Crippen LogP) is 3.35. The van der Waals surface area contributed by atoms with Crippen LogP contribution in [0.2, 0.25) is 0 Å². The first-order chi connectivity index (χ1) is 13.3. The largest absolute Gasteiger partial charge is 0.336 e. The normalized spacial score (nSPS) is 17.2. The molecule has 6 nitrogen and oxygen atoms in total. The van der Waals surface area contributed by atoms with E-state index in [0.29, 0.717) is 6.54 Å². The number of rotatable bonds is 7. The van der Waals surface area contributed by atoms with Crippen LogP contribution in [-0.2, 0) is 9.84 Å². The minimum Gasteiger partial charge on any atom is -0.336 e. The summed E-state index contributed by atoms with van der Waals surface area (Å²) in [5.41, 5.74) is 0.858. The number of nitrogens with one attached hydrogen (secondary N) is 2. The Morgan fingerprint density at radius 1 is 1.18 bits per heavy atom. The number of benzene rings is 1. The van der Waals surface area contributed by atoms with Crippen LogP contribution in [0.25, 0.3) is 0 Å². The molecule has 0 radical (unpaired) electrons. The average molecular weight is 422 g/mol. The summed E-state index contributed by atoms with van der Waals surface area (Å²) in [6, 6.07) is 10.5. The number of carbonyl (C=O) groups excluding carboxylic acids is 1. The molecule has 1 fully saturated rings. The van der Waals surface area contributed by atoms with Crippen molar-refractivity contribution < 1.29 is 13.2 Å². The summed E-state index contributed by atoms with van der Waals surface area (Å²) < 4.78 is 23.1. The van der Waals surface area contributed by atoms with Gasteiger partial charge >= 0.3 is 6.03 Å². The third kappa shape index (κ3) is 5.33. The van der Waals surface area contributed by atoms with Gasteiger partial charge < -0.3 is 10.6 Å². The highest BCUT2D eigenvalue weighted by molar-refractivity contribution is 7.90. The summed E-state index contributed by atoms with van der Waals surface area (Å²) >= 11 is 1.72. The van der Waals surface area contributed by atoms with Crippen LogP contribution in [0.15, 0.2) is 46.7 Å². The minimum absolute atomic E-state index is 0.206. The van der Waals surface area contributed by atoms with Gasteiger partial charge in [-0.3, -0.25) is 4.90 Å². The first kappa shape index (κ1) is 20.8. The van der Waals surface area contributed by atoms with Crippen LogP contribution < -0.4 is 10.6 Å². The first-order valence-electron chi connectivity index (χ1n) is 9.46. The molecule has 1 saturated heterocycles. The zero-order valence-corrected chi connectivity index (χ0v) is 17.9. The highest BCUT2D eigenvalue weighted by Crippen LogP contribution is 2.27. The Morgan fingerprint density at radius 2 is 1.86 bits per heavy atom. The van der Waals surface area contributed by atoms with Gasteiger partial charge in [-0.15, -0.1) is 11.3 Å². The van der Waals surface area contributed by atoms with Gasteiger partial charge in [-0.2, -0.15) is 0 Å². The number of hydrogen-bond donors (Lipinski definition) is 2. The molecule has 28 heavy (non-hydrogen) atoms. The van der Waals surface area contributed by atoms with Crippen LogP contribution in [0.1, 0.15) is 42.3 Å². The van der Waals surface area contributed by atoms with Crippen molar-refractivity contribution in [3.63, 3.8) is 0 Å². The third-order valence-corrected chi connectivity index (χ3v) is 7.17. The van der Waals surface area contributed by atoms with E-state index in [4.69, 9.17) is 0 Å². The highest BCUT2D eigenvalue weighted by Gasteiger charge is 2.24. The second-order valence-electron chi connectivity index (χ2n) is 7.19. The lowest BCUT2D eigenvalue weighted by Crippen LogP contribution is -2.42. The standard InChI is InChI=1S/C20H27N3O3S2/c1-15(16-7-9-17(10-8-16)28(2,25)26)22-20(24)21-14-18(19-6-5-13-27-19)23-11-3-4-12-23/h5-10,13,15,18H,3-4,11-12,14H2,1-2H3,(H2,21,22,24). The molecule has 1 aliphatic heterocycles. The molecule has 2 N–H and O–H groups in total. The van der Waals surface area contributed by atoms with E-state index in [1.54, 1.807) is 35.6 Å². The summed E-state index contributed by atoms with van der Waals surface area (Å²) in [7, 11) is -3.22. The lowest BCUT2D eigenvalue weighted by atomic mass is 10.1. The van der Waals surface area contributed by atoms with Gasteiger partial charge in [-0.25, -0.2) is 13.2 Å².